The fraction of sp³-hybridized carbons (Fsp3) is 0.375. The molecule has 0 unspecified atom stereocenters. The lowest BCUT2D eigenvalue weighted by molar-refractivity contribution is -0.138. The molecule has 0 N–H and O–H groups in total. The molecule has 0 saturated carbocycles. The molecule has 0 atom stereocenters. The number of hydrogen-bond donors (Lipinski definition) is 0. The maximum absolute atomic E-state index is 12.2. The summed E-state index contributed by atoms with van der Waals surface area (Å²) < 4.78 is 5.20. The number of aromatic nitrogens is 2. The van der Waals surface area contributed by atoms with Gasteiger partial charge in [0.25, 0.3) is 0 Å². The lowest BCUT2D eigenvalue weighted by Gasteiger charge is -2.20. The molecule has 2 amide bonds. The standard InChI is InChI=1S/C16H18N4O3/c1-19(15(22)11-20-9-5-8-14(20)21)10-13-17-16(18-23-13)12-6-3-2-4-7-12/h2-4,6-7H,5,8-11H2,1H3. The highest BCUT2D eigenvalue weighted by Crippen LogP contribution is 2.15. The number of rotatable bonds is 5. The summed E-state index contributed by atoms with van der Waals surface area (Å²) in [5, 5.41) is 3.93. The molecule has 1 aliphatic rings. The molecular formula is C16H18N4O3. The van der Waals surface area contributed by atoms with Crippen LogP contribution in [0.15, 0.2) is 34.9 Å². The van der Waals surface area contributed by atoms with Gasteiger partial charge in [0.1, 0.15) is 0 Å². The second-order valence-corrected chi connectivity index (χ2v) is 5.55. The Bertz CT molecular complexity index is 698. The maximum Gasteiger partial charge on any atom is 0.246 e. The highest BCUT2D eigenvalue weighted by molar-refractivity contribution is 5.85. The van der Waals surface area contributed by atoms with Gasteiger partial charge in [-0.25, -0.2) is 0 Å². The van der Waals surface area contributed by atoms with Crippen molar-refractivity contribution in [1.29, 1.82) is 0 Å². The van der Waals surface area contributed by atoms with Crippen molar-refractivity contribution in [3.05, 3.63) is 36.2 Å². The smallest absolute Gasteiger partial charge is 0.246 e. The van der Waals surface area contributed by atoms with Gasteiger partial charge in [-0.3, -0.25) is 9.59 Å². The van der Waals surface area contributed by atoms with Gasteiger partial charge in [-0.2, -0.15) is 4.98 Å². The Morgan fingerprint density at radius 3 is 2.83 bits per heavy atom. The minimum absolute atomic E-state index is 0.0379. The molecule has 1 fully saturated rings. The van der Waals surface area contributed by atoms with E-state index in [1.54, 1.807) is 11.9 Å². The molecule has 1 aliphatic heterocycles. The average molecular weight is 314 g/mol. The number of benzene rings is 1. The number of nitrogens with zero attached hydrogens (tertiary/aromatic N) is 4. The molecule has 7 nitrogen and oxygen atoms in total. The van der Waals surface area contributed by atoms with E-state index in [4.69, 9.17) is 4.52 Å². The molecule has 7 heteroatoms. The highest BCUT2D eigenvalue weighted by Gasteiger charge is 2.24. The van der Waals surface area contributed by atoms with Crippen LogP contribution < -0.4 is 0 Å². The van der Waals surface area contributed by atoms with E-state index < -0.39 is 0 Å². The highest BCUT2D eigenvalue weighted by atomic mass is 16.5. The molecule has 120 valence electrons. The molecule has 23 heavy (non-hydrogen) atoms. The lowest BCUT2D eigenvalue weighted by Crippen LogP contribution is -2.38. The largest absolute Gasteiger partial charge is 0.337 e. The van der Waals surface area contributed by atoms with Crippen molar-refractivity contribution in [2.24, 2.45) is 0 Å². The molecule has 0 bridgehead atoms. The third-order valence-electron chi connectivity index (χ3n) is 3.80. The van der Waals surface area contributed by atoms with Gasteiger partial charge in [0, 0.05) is 25.6 Å². The van der Waals surface area contributed by atoms with E-state index in [9.17, 15) is 9.59 Å². The van der Waals surface area contributed by atoms with Gasteiger partial charge >= 0.3 is 0 Å². The van der Waals surface area contributed by atoms with Crippen LogP contribution in [0.25, 0.3) is 11.4 Å². The van der Waals surface area contributed by atoms with Crippen molar-refractivity contribution < 1.29 is 14.1 Å². The molecule has 0 radical (unpaired) electrons. The number of amides is 2. The molecule has 1 aromatic carbocycles. The molecule has 2 aromatic rings. The predicted octanol–water partition coefficient (Wildman–Crippen LogP) is 1.32. The zero-order valence-corrected chi connectivity index (χ0v) is 12.9. The Labute approximate surface area is 133 Å². The van der Waals surface area contributed by atoms with E-state index in [1.165, 1.54) is 4.90 Å². The van der Waals surface area contributed by atoms with Gasteiger partial charge in [0.2, 0.25) is 23.5 Å². The van der Waals surface area contributed by atoms with Crippen LogP contribution in [0.3, 0.4) is 0 Å². The summed E-state index contributed by atoms with van der Waals surface area (Å²) in [6, 6.07) is 9.49. The average Bonchev–Trinajstić information content (AvgIpc) is 3.18. The Hall–Kier alpha value is -2.70. The van der Waals surface area contributed by atoms with Crippen LogP contribution in [0.1, 0.15) is 18.7 Å². The number of likely N-dealkylation sites (tertiary alicyclic amines) is 1. The van der Waals surface area contributed by atoms with Crippen LogP contribution in [0.5, 0.6) is 0 Å². The van der Waals surface area contributed by atoms with Crippen LogP contribution in [-0.4, -0.2) is 51.9 Å². The summed E-state index contributed by atoms with van der Waals surface area (Å²) >= 11 is 0. The van der Waals surface area contributed by atoms with Gasteiger partial charge in [0.15, 0.2) is 0 Å². The lowest BCUT2D eigenvalue weighted by atomic mass is 10.2. The van der Waals surface area contributed by atoms with Crippen molar-refractivity contribution in [3.8, 4) is 11.4 Å². The quantitative estimate of drug-likeness (QED) is 0.831. The molecule has 0 aliphatic carbocycles. The van der Waals surface area contributed by atoms with Crippen LogP contribution in [0.4, 0.5) is 0 Å². The second kappa shape index (κ2) is 6.60. The van der Waals surface area contributed by atoms with Crippen LogP contribution >= 0.6 is 0 Å². The Morgan fingerprint density at radius 1 is 1.35 bits per heavy atom. The topological polar surface area (TPSA) is 79.5 Å². The zero-order chi connectivity index (χ0) is 16.2. The first kappa shape index (κ1) is 15.2. The Kier molecular flexibility index (Phi) is 4.36. The first-order valence-electron chi connectivity index (χ1n) is 7.53. The minimum atomic E-state index is -0.139. The molecule has 0 spiro atoms. The zero-order valence-electron chi connectivity index (χ0n) is 12.9. The monoisotopic (exact) mass is 314 g/mol. The summed E-state index contributed by atoms with van der Waals surface area (Å²) in [6.07, 6.45) is 1.35. The van der Waals surface area contributed by atoms with E-state index in [0.29, 0.717) is 24.7 Å². The Morgan fingerprint density at radius 2 is 2.13 bits per heavy atom. The number of carbonyl (C=O) groups is 2. The van der Waals surface area contributed by atoms with Crippen LogP contribution in [0.2, 0.25) is 0 Å². The molecule has 3 rings (SSSR count). The van der Waals surface area contributed by atoms with Gasteiger partial charge in [-0.1, -0.05) is 35.5 Å². The normalized spacial score (nSPS) is 14.3. The van der Waals surface area contributed by atoms with E-state index >= 15 is 0 Å². The van der Waals surface area contributed by atoms with E-state index in [1.807, 2.05) is 30.3 Å². The first-order chi connectivity index (χ1) is 11.1. The van der Waals surface area contributed by atoms with E-state index in [-0.39, 0.29) is 24.9 Å². The summed E-state index contributed by atoms with van der Waals surface area (Å²) in [5.74, 6) is 0.763. The fourth-order valence-electron chi connectivity index (χ4n) is 2.47. The van der Waals surface area contributed by atoms with Crippen molar-refractivity contribution in [2.45, 2.75) is 19.4 Å². The van der Waals surface area contributed by atoms with Crippen molar-refractivity contribution in [2.75, 3.05) is 20.1 Å². The van der Waals surface area contributed by atoms with E-state index in [0.717, 1.165) is 12.0 Å². The number of carbonyl (C=O) groups excluding carboxylic acids is 2. The molecule has 1 saturated heterocycles. The number of hydrogen-bond acceptors (Lipinski definition) is 5. The first-order valence-corrected chi connectivity index (χ1v) is 7.53. The summed E-state index contributed by atoms with van der Waals surface area (Å²) in [6.45, 7) is 0.979. The molecule has 2 heterocycles. The van der Waals surface area contributed by atoms with Gasteiger partial charge < -0.3 is 14.3 Å². The van der Waals surface area contributed by atoms with Gasteiger partial charge in [0.05, 0.1) is 13.1 Å². The summed E-state index contributed by atoms with van der Waals surface area (Å²) in [7, 11) is 1.66. The van der Waals surface area contributed by atoms with Crippen molar-refractivity contribution in [1.82, 2.24) is 19.9 Å². The molecular weight excluding hydrogens is 296 g/mol. The van der Waals surface area contributed by atoms with Crippen LogP contribution in [-0.2, 0) is 16.1 Å². The van der Waals surface area contributed by atoms with Gasteiger partial charge in [-0.05, 0) is 6.42 Å². The molecule has 1 aromatic heterocycles. The van der Waals surface area contributed by atoms with Crippen molar-refractivity contribution >= 4 is 11.8 Å². The van der Waals surface area contributed by atoms with E-state index in [2.05, 4.69) is 10.1 Å². The minimum Gasteiger partial charge on any atom is -0.337 e. The predicted molar refractivity (Wildman–Crippen MR) is 82.0 cm³/mol. The second-order valence-electron chi connectivity index (χ2n) is 5.55. The van der Waals surface area contributed by atoms with Crippen LogP contribution in [0, 0.1) is 0 Å². The van der Waals surface area contributed by atoms with Crippen molar-refractivity contribution in [3.63, 3.8) is 0 Å². The third kappa shape index (κ3) is 3.56. The third-order valence-corrected chi connectivity index (χ3v) is 3.80. The SMILES string of the molecule is CN(Cc1nc(-c2ccccc2)no1)C(=O)CN1CCCC1=O. The summed E-state index contributed by atoms with van der Waals surface area (Å²) in [4.78, 5) is 31.1. The Balaban J connectivity index is 1.59. The number of likely N-dealkylation sites (N-methyl/N-ethyl adjacent to an activating group) is 1. The maximum atomic E-state index is 12.2. The summed E-state index contributed by atoms with van der Waals surface area (Å²) in [5.41, 5.74) is 0.860. The fourth-order valence-corrected chi connectivity index (χ4v) is 2.47. The van der Waals surface area contributed by atoms with Gasteiger partial charge in [-0.15, -0.1) is 0 Å².